The van der Waals surface area contributed by atoms with Crippen molar-refractivity contribution in [2.75, 3.05) is 20.3 Å². The lowest BCUT2D eigenvalue weighted by atomic mass is 10.1. The first-order valence-electron chi connectivity index (χ1n) is 8.63. The Bertz CT molecular complexity index is 752. The van der Waals surface area contributed by atoms with E-state index in [4.69, 9.17) is 4.74 Å². The molecule has 136 valence electrons. The summed E-state index contributed by atoms with van der Waals surface area (Å²) in [6, 6.07) is 1.90. The van der Waals surface area contributed by atoms with Gasteiger partial charge in [-0.2, -0.15) is 5.10 Å². The molecule has 0 radical (unpaired) electrons. The summed E-state index contributed by atoms with van der Waals surface area (Å²) in [4.78, 5) is 19.2. The zero-order valence-corrected chi connectivity index (χ0v) is 16.1. The van der Waals surface area contributed by atoms with Gasteiger partial charge in [0.25, 0.3) is 5.91 Å². The van der Waals surface area contributed by atoms with Crippen molar-refractivity contribution in [3.63, 3.8) is 0 Å². The minimum Gasteiger partial charge on any atom is -0.383 e. The Hall–Kier alpha value is -2.21. The minimum absolute atomic E-state index is 0.0318. The molecule has 0 aliphatic heterocycles. The maximum absolute atomic E-state index is 13.0. The third-order valence-electron chi connectivity index (χ3n) is 4.62. The fraction of sp³-hybridized carbons (Fsp3) is 0.526. The maximum atomic E-state index is 13.0. The number of hydrogen-bond donors (Lipinski definition) is 0. The molecule has 0 saturated heterocycles. The zero-order chi connectivity index (χ0) is 18.6. The summed E-state index contributed by atoms with van der Waals surface area (Å²) in [5.74, 6) is -0.0318. The fourth-order valence-electron chi connectivity index (χ4n) is 2.86. The third-order valence-corrected chi connectivity index (χ3v) is 4.62. The molecule has 0 N–H and O–H groups in total. The largest absolute Gasteiger partial charge is 0.383 e. The molecule has 25 heavy (non-hydrogen) atoms. The van der Waals surface area contributed by atoms with Crippen LogP contribution in [0.25, 0.3) is 0 Å². The lowest BCUT2D eigenvalue weighted by Crippen LogP contribution is -2.34. The van der Waals surface area contributed by atoms with Gasteiger partial charge in [-0.1, -0.05) is 0 Å². The van der Waals surface area contributed by atoms with Gasteiger partial charge in [0.05, 0.1) is 17.9 Å². The molecule has 0 atom stereocenters. The summed E-state index contributed by atoms with van der Waals surface area (Å²) >= 11 is 0. The van der Waals surface area contributed by atoms with Crippen molar-refractivity contribution in [1.82, 2.24) is 19.7 Å². The SMILES string of the molecule is CCn1nc(C)c(CN(CCOC)C(=O)c2cnc(C)c(C)c2)c1C. The van der Waals surface area contributed by atoms with Gasteiger partial charge >= 0.3 is 0 Å². The van der Waals surface area contributed by atoms with E-state index in [1.807, 2.05) is 36.4 Å². The van der Waals surface area contributed by atoms with Crippen molar-refractivity contribution in [1.29, 1.82) is 0 Å². The molecular formula is C19H28N4O2. The van der Waals surface area contributed by atoms with Crippen LogP contribution in [0.1, 0.15) is 45.5 Å². The summed E-state index contributed by atoms with van der Waals surface area (Å²) in [5, 5.41) is 4.55. The number of nitrogens with zero attached hydrogens (tertiary/aromatic N) is 4. The van der Waals surface area contributed by atoms with E-state index in [2.05, 4.69) is 23.9 Å². The highest BCUT2D eigenvalue weighted by Crippen LogP contribution is 2.18. The molecule has 0 aromatic carbocycles. The van der Waals surface area contributed by atoms with Crippen LogP contribution >= 0.6 is 0 Å². The van der Waals surface area contributed by atoms with Crippen LogP contribution in [0.15, 0.2) is 12.3 Å². The number of carbonyl (C=O) groups is 1. The van der Waals surface area contributed by atoms with Crippen LogP contribution in [0.2, 0.25) is 0 Å². The molecular weight excluding hydrogens is 316 g/mol. The summed E-state index contributed by atoms with van der Waals surface area (Å²) in [6.45, 7) is 12.4. The number of rotatable bonds is 7. The number of aromatic nitrogens is 3. The monoisotopic (exact) mass is 344 g/mol. The molecule has 2 rings (SSSR count). The Labute approximate surface area is 149 Å². The lowest BCUT2D eigenvalue weighted by Gasteiger charge is -2.23. The first-order valence-corrected chi connectivity index (χ1v) is 8.63. The van der Waals surface area contributed by atoms with Crippen molar-refractivity contribution >= 4 is 5.91 Å². The average Bonchev–Trinajstić information content (AvgIpc) is 2.87. The van der Waals surface area contributed by atoms with E-state index in [9.17, 15) is 4.79 Å². The van der Waals surface area contributed by atoms with E-state index in [0.29, 0.717) is 25.3 Å². The molecule has 0 saturated carbocycles. The van der Waals surface area contributed by atoms with Gasteiger partial charge < -0.3 is 9.64 Å². The first-order chi connectivity index (χ1) is 11.9. The Morgan fingerprint density at radius 1 is 1.24 bits per heavy atom. The third kappa shape index (κ3) is 4.25. The highest BCUT2D eigenvalue weighted by Gasteiger charge is 2.20. The number of pyridine rings is 1. The highest BCUT2D eigenvalue weighted by atomic mass is 16.5. The van der Waals surface area contributed by atoms with Gasteiger partial charge in [-0.05, 0) is 46.2 Å². The number of aryl methyl sites for hydroxylation is 4. The molecule has 2 aromatic heterocycles. The highest BCUT2D eigenvalue weighted by molar-refractivity contribution is 5.94. The number of amides is 1. The summed E-state index contributed by atoms with van der Waals surface area (Å²) < 4.78 is 7.17. The minimum atomic E-state index is -0.0318. The molecule has 0 aliphatic carbocycles. The average molecular weight is 344 g/mol. The van der Waals surface area contributed by atoms with Crippen LogP contribution in [-0.4, -0.2) is 45.8 Å². The van der Waals surface area contributed by atoms with Crippen LogP contribution in [0.5, 0.6) is 0 Å². The molecule has 0 bridgehead atoms. The Kier molecular flexibility index (Phi) is 6.31. The van der Waals surface area contributed by atoms with Gasteiger partial charge in [0.2, 0.25) is 0 Å². The van der Waals surface area contributed by atoms with E-state index >= 15 is 0 Å². The van der Waals surface area contributed by atoms with Gasteiger partial charge in [-0.15, -0.1) is 0 Å². The summed E-state index contributed by atoms with van der Waals surface area (Å²) in [7, 11) is 1.64. The molecule has 2 heterocycles. The summed E-state index contributed by atoms with van der Waals surface area (Å²) in [6.07, 6.45) is 1.65. The second-order valence-electron chi connectivity index (χ2n) is 6.31. The lowest BCUT2D eigenvalue weighted by molar-refractivity contribution is 0.0679. The van der Waals surface area contributed by atoms with Crippen LogP contribution in [0.4, 0.5) is 0 Å². The smallest absolute Gasteiger partial charge is 0.255 e. The van der Waals surface area contributed by atoms with Crippen LogP contribution in [-0.2, 0) is 17.8 Å². The molecule has 2 aromatic rings. The second-order valence-corrected chi connectivity index (χ2v) is 6.31. The predicted octanol–water partition coefficient (Wildman–Crippen LogP) is 2.82. The summed E-state index contributed by atoms with van der Waals surface area (Å²) in [5.41, 5.74) is 5.74. The second kappa shape index (κ2) is 8.25. The number of methoxy groups -OCH3 is 1. The Balaban J connectivity index is 2.30. The maximum Gasteiger partial charge on any atom is 0.255 e. The van der Waals surface area contributed by atoms with Crippen LogP contribution in [0, 0.1) is 27.7 Å². The normalized spacial score (nSPS) is 11.0. The number of hydrogen-bond acceptors (Lipinski definition) is 4. The van der Waals surface area contributed by atoms with Crippen molar-refractivity contribution in [2.24, 2.45) is 0 Å². The molecule has 0 fully saturated rings. The van der Waals surface area contributed by atoms with Crippen molar-refractivity contribution < 1.29 is 9.53 Å². The van der Waals surface area contributed by atoms with Crippen LogP contribution < -0.4 is 0 Å². The molecule has 1 amide bonds. The van der Waals surface area contributed by atoms with Gasteiger partial charge in [0.1, 0.15) is 0 Å². The molecule has 0 unspecified atom stereocenters. The van der Waals surface area contributed by atoms with E-state index < -0.39 is 0 Å². The van der Waals surface area contributed by atoms with Crippen molar-refractivity contribution in [3.05, 3.63) is 46.0 Å². The van der Waals surface area contributed by atoms with E-state index in [1.165, 1.54) is 0 Å². The quantitative estimate of drug-likeness (QED) is 0.775. The van der Waals surface area contributed by atoms with Crippen molar-refractivity contribution in [3.8, 4) is 0 Å². The zero-order valence-electron chi connectivity index (χ0n) is 16.1. The van der Waals surface area contributed by atoms with Gasteiger partial charge in [-0.25, -0.2) is 0 Å². The van der Waals surface area contributed by atoms with E-state index in [0.717, 1.165) is 34.8 Å². The van der Waals surface area contributed by atoms with E-state index in [1.54, 1.807) is 13.3 Å². The molecule has 0 aliphatic rings. The number of ether oxygens (including phenoxy) is 1. The molecule has 6 heteroatoms. The number of carbonyl (C=O) groups excluding carboxylic acids is 1. The van der Waals surface area contributed by atoms with Gasteiger partial charge in [0.15, 0.2) is 0 Å². The van der Waals surface area contributed by atoms with Gasteiger partial charge in [-0.3, -0.25) is 14.5 Å². The predicted molar refractivity (Wildman–Crippen MR) is 97.7 cm³/mol. The first kappa shape index (κ1) is 19.1. The Morgan fingerprint density at radius 3 is 2.52 bits per heavy atom. The fourth-order valence-corrected chi connectivity index (χ4v) is 2.86. The molecule has 0 spiro atoms. The molecule has 6 nitrogen and oxygen atoms in total. The van der Waals surface area contributed by atoms with Crippen molar-refractivity contribution in [2.45, 2.75) is 47.7 Å². The Morgan fingerprint density at radius 2 is 1.96 bits per heavy atom. The standard InChI is InChI=1S/C19H28N4O2/c1-7-23-16(5)18(15(4)21-23)12-22(8-9-25-6)19(24)17-10-13(2)14(3)20-11-17/h10-11H,7-9,12H2,1-6H3. The topological polar surface area (TPSA) is 60.2 Å². The van der Waals surface area contributed by atoms with Gasteiger partial charge in [0, 0.05) is 49.9 Å². The van der Waals surface area contributed by atoms with Crippen LogP contribution in [0.3, 0.4) is 0 Å². The van der Waals surface area contributed by atoms with E-state index in [-0.39, 0.29) is 5.91 Å².